The summed E-state index contributed by atoms with van der Waals surface area (Å²) in [7, 11) is 0. The third-order valence-corrected chi connectivity index (χ3v) is 4.73. The predicted octanol–water partition coefficient (Wildman–Crippen LogP) is 3.49. The Morgan fingerprint density at radius 3 is 2.96 bits per heavy atom. The van der Waals surface area contributed by atoms with Crippen molar-refractivity contribution in [2.45, 2.75) is 58.5 Å². The highest BCUT2D eigenvalue weighted by Crippen LogP contribution is 2.23. The van der Waals surface area contributed by atoms with Crippen molar-refractivity contribution in [3.05, 3.63) is 46.5 Å². The summed E-state index contributed by atoms with van der Waals surface area (Å²) in [5, 5.41) is 0. The normalized spacial score (nSPS) is 20.0. The number of pyridine rings is 1. The molecule has 0 N–H and O–H groups in total. The summed E-state index contributed by atoms with van der Waals surface area (Å²) < 4.78 is 1.61. The summed E-state index contributed by atoms with van der Waals surface area (Å²) in [6.45, 7) is 6.50. The van der Waals surface area contributed by atoms with Crippen molar-refractivity contribution in [3.63, 3.8) is 0 Å². The predicted molar refractivity (Wildman–Crippen MR) is 93.6 cm³/mol. The lowest BCUT2D eigenvalue weighted by molar-refractivity contribution is 0.166. The lowest BCUT2D eigenvalue weighted by Crippen LogP contribution is -2.36. The Labute approximate surface area is 138 Å². The smallest absolute Gasteiger partial charge is 0.258 e. The molecule has 1 fully saturated rings. The Kier molecular flexibility index (Phi) is 5.11. The summed E-state index contributed by atoms with van der Waals surface area (Å²) in [5.74, 6) is 0.704. The van der Waals surface area contributed by atoms with Gasteiger partial charge in [0.1, 0.15) is 5.65 Å². The van der Waals surface area contributed by atoms with Crippen LogP contribution in [0.25, 0.3) is 5.65 Å². The van der Waals surface area contributed by atoms with Crippen LogP contribution in [0.15, 0.2) is 35.3 Å². The molecule has 0 unspecified atom stereocenters. The van der Waals surface area contributed by atoms with Crippen LogP contribution in [0.1, 0.15) is 51.6 Å². The van der Waals surface area contributed by atoms with Crippen molar-refractivity contribution in [1.82, 2.24) is 14.3 Å². The van der Waals surface area contributed by atoms with E-state index in [1.54, 1.807) is 16.7 Å². The number of hydrogen-bond acceptors (Lipinski definition) is 3. The van der Waals surface area contributed by atoms with E-state index in [2.05, 4.69) is 18.7 Å². The second-order valence-corrected chi connectivity index (χ2v) is 7.12. The van der Waals surface area contributed by atoms with Gasteiger partial charge >= 0.3 is 0 Å². The molecule has 0 aliphatic carbocycles. The molecule has 4 nitrogen and oxygen atoms in total. The number of likely N-dealkylation sites (tertiary alicyclic amines) is 1. The summed E-state index contributed by atoms with van der Waals surface area (Å²) >= 11 is 0. The van der Waals surface area contributed by atoms with Gasteiger partial charge in [0, 0.05) is 24.8 Å². The Bertz CT molecular complexity index is 707. The fourth-order valence-electron chi connectivity index (χ4n) is 3.65. The fraction of sp³-hybridized carbons (Fsp3) is 0.579. The van der Waals surface area contributed by atoms with Gasteiger partial charge in [0.05, 0.1) is 5.69 Å². The average molecular weight is 313 g/mol. The van der Waals surface area contributed by atoms with Crippen LogP contribution in [0.3, 0.4) is 0 Å². The molecule has 0 radical (unpaired) electrons. The van der Waals surface area contributed by atoms with E-state index in [4.69, 9.17) is 4.98 Å². The van der Waals surface area contributed by atoms with Crippen molar-refractivity contribution in [2.75, 3.05) is 6.54 Å². The average Bonchev–Trinajstić information content (AvgIpc) is 2.72. The first kappa shape index (κ1) is 16.2. The minimum absolute atomic E-state index is 0.0147. The lowest BCUT2D eigenvalue weighted by atomic mass is 9.98. The van der Waals surface area contributed by atoms with E-state index >= 15 is 0 Å². The molecule has 0 aromatic carbocycles. The molecular weight excluding hydrogens is 286 g/mol. The summed E-state index contributed by atoms with van der Waals surface area (Å²) in [6, 6.07) is 8.01. The molecule has 1 aliphatic rings. The molecule has 0 amide bonds. The monoisotopic (exact) mass is 313 g/mol. The minimum atomic E-state index is 0.0147. The van der Waals surface area contributed by atoms with E-state index in [0.717, 1.165) is 24.4 Å². The maximum absolute atomic E-state index is 12.3. The van der Waals surface area contributed by atoms with Crippen LogP contribution >= 0.6 is 0 Å². The first-order valence-electron chi connectivity index (χ1n) is 8.85. The Morgan fingerprint density at radius 1 is 1.26 bits per heavy atom. The zero-order valence-corrected chi connectivity index (χ0v) is 14.2. The van der Waals surface area contributed by atoms with Gasteiger partial charge in [0.2, 0.25) is 0 Å². The summed E-state index contributed by atoms with van der Waals surface area (Å²) in [5.41, 5.74) is 1.66. The van der Waals surface area contributed by atoms with E-state index in [-0.39, 0.29) is 5.56 Å². The van der Waals surface area contributed by atoms with Crippen molar-refractivity contribution in [1.29, 1.82) is 0 Å². The number of rotatable bonds is 4. The molecular formula is C19H27N3O. The maximum atomic E-state index is 12.3. The van der Waals surface area contributed by atoms with E-state index < -0.39 is 0 Å². The molecule has 124 valence electrons. The van der Waals surface area contributed by atoms with Crippen LogP contribution < -0.4 is 5.56 Å². The van der Waals surface area contributed by atoms with Gasteiger partial charge in [-0.2, -0.15) is 0 Å². The topological polar surface area (TPSA) is 37.6 Å². The van der Waals surface area contributed by atoms with E-state index in [1.165, 1.54) is 32.1 Å². The lowest BCUT2D eigenvalue weighted by Gasteiger charge is -2.31. The van der Waals surface area contributed by atoms with Gasteiger partial charge in [-0.15, -0.1) is 0 Å². The van der Waals surface area contributed by atoms with Crippen LogP contribution in [0, 0.1) is 5.92 Å². The van der Waals surface area contributed by atoms with Crippen molar-refractivity contribution in [2.24, 2.45) is 5.92 Å². The zero-order valence-electron chi connectivity index (χ0n) is 14.2. The zero-order chi connectivity index (χ0) is 16.2. The van der Waals surface area contributed by atoms with E-state index in [1.807, 2.05) is 18.2 Å². The van der Waals surface area contributed by atoms with Crippen LogP contribution in [0.4, 0.5) is 0 Å². The van der Waals surface area contributed by atoms with Crippen LogP contribution in [-0.4, -0.2) is 26.9 Å². The second kappa shape index (κ2) is 7.26. The van der Waals surface area contributed by atoms with Gasteiger partial charge in [-0.05, 0) is 43.9 Å². The molecule has 4 heteroatoms. The molecule has 0 bridgehead atoms. The number of aromatic nitrogens is 2. The van der Waals surface area contributed by atoms with E-state index in [0.29, 0.717) is 12.0 Å². The number of fused-ring (bicyclic) bond motifs is 1. The second-order valence-electron chi connectivity index (χ2n) is 7.12. The largest absolute Gasteiger partial charge is 0.295 e. The van der Waals surface area contributed by atoms with Gasteiger partial charge in [-0.1, -0.05) is 32.8 Å². The van der Waals surface area contributed by atoms with Gasteiger partial charge in [-0.25, -0.2) is 4.98 Å². The van der Waals surface area contributed by atoms with Gasteiger partial charge in [0.25, 0.3) is 5.56 Å². The standard InChI is InChI=1S/C19H27N3O/c1-15(2)12-17-8-4-3-6-10-21(17)14-16-13-19(23)22-11-7-5-9-18(22)20-16/h5,7,9,11,13,15,17H,3-4,6,8,10,12,14H2,1-2H3/t17-/m1/s1. The van der Waals surface area contributed by atoms with E-state index in [9.17, 15) is 4.79 Å². The van der Waals surface area contributed by atoms with Crippen LogP contribution in [-0.2, 0) is 6.54 Å². The Balaban J connectivity index is 1.84. The molecule has 2 aromatic heterocycles. The molecule has 1 atom stereocenters. The first-order valence-corrected chi connectivity index (χ1v) is 8.85. The highest BCUT2D eigenvalue weighted by molar-refractivity contribution is 5.37. The number of nitrogens with zero attached hydrogens (tertiary/aromatic N) is 3. The highest BCUT2D eigenvalue weighted by atomic mass is 16.1. The van der Waals surface area contributed by atoms with Crippen molar-refractivity contribution < 1.29 is 0 Å². The van der Waals surface area contributed by atoms with Crippen LogP contribution in [0.5, 0.6) is 0 Å². The van der Waals surface area contributed by atoms with Crippen molar-refractivity contribution >= 4 is 5.65 Å². The Hall–Kier alpha value is -1.68. The fourth-order valence-corrected chi connectivity index (χ4v) is 3.65. The summed E-state index contributed by atoms with van der Waals surface area (Å²) in [6.07, 6.45) is 8.17. The molecule has 1 aliphatic heterocycles. The van der Waals surface area contributed by atoms with Crippen molar-refractivity contribution in [3.8, 4) is 0 Å². The Morgan fingerprint density at radius 2 is 2.13 bits per heavy atom. The van der Waals surface area contributed by atoms with Gasteiger partial charge in [-0.3, -0.25) is 14.1 Å². The van der Waals surface area contributed by atoms with Gasteiger partial charge < -0.3 is 0 Å². The SMILES string of the molecule is CC(C)C[C@H]1CCCCCN1Cc1cc(=O)n2ccccc2n1. The van der Waals surface area contributed by atoms with Gasteiger partial charge in [0.15, 0.2) is 0 Å². The first-order chi connectivity index (χ1) is 11.1. The quantitative estimate of drug-likeness (QED) is 0.867. The maximum Gasteiger partial charge on any atom is 0.258 e. The summed E-state index contributed by atoms with van der Waals surface area (Å²) in [4.78, 5) is 19.5. The minimum Gasteiger partial charge on any atom is -0.295 e. The molecule has 3 rings (SSSR count). The highest BCUT2D eigenvalue weighted by Gasteiger charge is 2.22. The number of hydrogen-bond donors (Lipinski definition) is 0. The third kappa shape index (κ3) is 3.99. The molecule has 2 aromatic rings. The third-order valence-electron chi connectivity index (χ3n) is 4.73. The van der Waals surface area contributed by atoms with Crippen LogP contribution in [0.2, 0.25) is 0 Å². The molecule has 3 heterocycles. The molecule has 23 heavy (non-hydrogen) atoms. The molecule has 0 saturated carbocycles. The molecule has 1 saturated heterocycles. The molecule has 0 spiro atoms.